The van der Waals surface area contributed by atoms with Crippen LogP contribution in [0.25, 0.3) is 0 Å². The molecule has 0 spiro atoms. The fourth-order valence-electron chi connectivity index (χ4n) is 2.20. The summed E-state index contributed by atoms with van der Waals surface area (Å²) in [7, 11) is 3.21. The van der Waals surface area contributed by atoms with Crippen LogP contribution in [0, 0.1) is 0 Å². The lowest BCUT2D eigenvalue weighted by molar-refractivity contribution is 0.0474. The minimum atomic E-state index is 0.202. The van der Waals surface area contributed by atoms with Gasteiger partial charge in [0, 0.05) is 19.8 Å². The molecule has 1 aromatic rings. The highest BCUT2D eigenvalue weighted by Crippen LogP contribution is 2.34. The molecule has 0 amide bonds. The minimum absolute atomic E-state index is 0.202. The van der Waals surface area contributed by atoms with Gasteiger partial charge in [0.25, 0.3) is 0 Å². The van der Waals surface area contributed by atoms with Crippen molar-refractivity contribution < 1.29 is 18.9 Å². The van der Waals surface area contributed by atoms with Crippen molar-refractivity contribution in [1.29, 1.82) is 0 Å². The zero-order valence-electron chi connectivity index (χ0n) is 15.9. The lowest BCUT2D eigenvalue weighted by Gasteiger charge is -2.14. The van der Waals surface area contributed by atoms with Crippen LogP contribution < -0.4 is 9.47 Å². The third kappa shape index (κ3) is 8.56. The molecule has 0 N–H and O–H groups in total. The second-order valence-corrected chi connectivity index (χ2v) is 6.92. The molecular formula is C20H29BrO4. The fraction of sp³-hybridized carbons (Fsp3) is 0.500. The van der Waals surface area contributed by atoms with Gasteiger partial charge in [0.15, 0.2) is 13.6 Å². The van der Waals surface area contributed by atoms with E-state index < -0.39 is 0 Å². The van der Waals surface area contributed by atoms with Crippen molar-refractivity contribution in [2.45, 2.75) is 40.0 Å². The number of hydrogen-bond donors (Lipinski definition) is 0. The zero-order valence-corrected chi connectivity index (χ0v) is 17.4. The van der Waals surface area contributed by atoms with E-state index in [-0.39, 0.29) is 13.6 Å². The molecule has 25 heavy (non-hydrogen) atoms. The van der Waals surface area contributed by atoms with E-state index in [2.05, 4.69) is 48.9 Å². The number of allylic oxidation sites excluding steroid dienone is 4. The highest BCUT2D eigenvalue weighted by atomic mass is 79.9. The number of hydrogen-bond acceptors (Lipinski definition) is 4. The molecular weight excluding hydrogens is 384 g/mol. The monoisotopic (exact) mass is 412 g/mol. The van der Waals surface area contributed by atoms with Crippen LogP contribution in [0.1, 0.15) is 39.2 Å². The molecule has 0 bridgehead atoms. The fourth-order valence-corrected chi connectivity index (χ4v) is 2.64. The van der Waals surface area contributed by atoms with Gasteiger partial charge in [0.05, 0.1) is 4.47 Å². The number of benzene rings is 1. The topological polar surface area (TPSA) is 36.9 Å². The van der Waals surface area contributed by atoms with Crippen LogP contribution in [0.2, 0.25) is 0 Å². The molecule has 0 aliphatic carbocycles. The Kier molecular flexibility index (Phi) is 10.5. The first kappa shape index (κ1) is 21.7. The molecule has 1 rings (SSSR count). The highest BCUT2D eigenvalue weighted by Gasteiger charge is 2.10. The Hall–Kier alpha value is -1.30. The van der Waals surface area contributed by atoms with Crippen molar-refractivity contribution in [3.8, 4) is 11.5 Å². The largest absolute Gasteiger partial charge is 0.467 e. The van der Waals surface area contributed by atoms with Gasteiger partial charge in [0.1, 0.15) is 11.5 Å². The molecule has 0 heterocycles. The summed E-state index contributed by atoms with van der Waals surface area (Å²) in [4.78, 5) is 0. The quantitative estimate of drug-likeness (QED) is 0.347. The Morgan fingerprint density at radius 1 is 0.960 bits per heavy atom. The second-order valence-electron chi connectivity index (χ2n) is 6.07. The van der Waals surface area contributed by atoms with E-state index in [0.29, 0.717) is 0 Å². The summed E-state index contributed by atoms with van der Waals surface area (Å²) >= 11 is 3.51. The van der Waals surface area contributed by atoms with Gasteiger partial charge >= 0.3 is 0 Å². The maximum atomic E-state index is 5.69. The van der Waals surface area contributed by atoms with Crippen molar-refractivity contribution in [2.24, 2.45) is 0 Å². The molecule has 1 aromatic carbocycles. The summed E-state index contributed by atoms with van der Waals surface area (Å²) in [6.07, 6.45) is 7.40. The summed E-state index contributed by atoms with van der Waals surface area (Å²) in [5, 5.41) is 0. The summed E-state index contributed by atoms with van der Waals surface area (Å²) in [5.74, 6) is 1.52. The van der Waals surface area contributed by atoms with Crippen LogP contribution in [0.15, 0.2) is 39.9 Å². The van der Waals surface area contributed by atoms with Gasteiger partial charge in [-0.25, -0.2) is 0 Å². The first-order valence-corrected chi connectivity index (χ1v) is 9.12. The van der Waals surface area contributed by atoms with Crippen LogP contribution in [0.3, 0.4) is 0 Å². The first-order chi connectivity index (χ1) is 12.0. The smallest absolute Gasteiger partial charge is 0.188 e. The van der Waals surface area contributed by atoms with Gasteiger partial charge in [-0.05, 0) is 68.1 Å². The van der Waals surface area contributed by atoms with E-state index >= 15 is 0 Å². The average molecular weight is 413 g/mol. The van der Waals surface area contributed by atoms with Gasteiger partial charge in [0.2, 0.25) is 0 Å². The van der Waals surface area contributed by atoms with Crippen molar-refractivity contribution in [3.05, 3.63) is 45.5 Å². The standard InChI is InChI=1S/C20H29BrO4/c1-15(2)7-6-8-16(3)9-10-17-11-20(25-14-23-5)18(21)12-19(17)24-13-22-4/h7,9,11-12H,6,8,10,13-14H2,1-5H3/b16-9+. The molecule has 4 nitrogen and oxygen atoms in total. The maximum absolute atomic E-state index is 5.69. The van der Waals surface area contributed by atoms with Gasteiger partial charge in [-0.3, -0.25) is 0 Å². The maximum Gasteiger partial charge on any atom is 0.188 e. The van der Waals surface area contributed by atoms with Crippen LogP contribution in [-0.2, 0) is 15.9 Å². The van der Waals surface area contributed by atoms with Crippen LogP contribution in [0.4, 0.5) is 0 Å². The third-order valence-corrected chi connectivity index (χ3v) is 4.16. The lowest BCUT2D eigenvalue weighted by atomic mass is 10.1. The molecule has 0 atom stereocenters. The van der Waals surface area contributed by atoms with Crippen molar-refractivity contribution in [1.82, 2.24) is 0 Å². The number of halogens is 1. The van der Waals surface area contributed by atoms with E-state index in [4.69, 9.17) is 18.9 Å². The Morgan fingerprint density at radius 3 is 2.20 bits per heavy atom. The second kappa shape index (κ2) is 12.1. The Labute approximate surface area is 159 Å². The van der Waals surface area contributed by atoms with E-state index in [0.717, 1.165) is 40.8 Å². The van der Waals surface area contributed by atoms with Gasteiger partial charge < -0.3 is 18.9 Å². The molecule has 0 aliphatic rings. The number of methoxy groups -OCH3 is 2. The van der Waals surface area contributed by atoms with E-state index in [1.807, 2.05) is 12.1 Å². The van der Waals surface area contributed by atoms with E-state index in [9.17, 15) is 0 Å². The molecule has 0 unspecified atom stereocenters. The van der Waals surface area contributed by atoms with Crippen LogP contribution in [-0.4, -0.2) is 27.8 Å². The van der Waals surface area contributed by atoms with Crippen molar-refractivity contribution in [2.75, 3.05) is 27.8 Å². The van der Waals surface area contributed by atoms with E-state index in [1.165, 1.54) is 11.1 Å². The lowest BCUT2D eigenvalue weighted by Crippen LogP contribution is -2.04. The average Bonchev–Trinajstić information content (AvgIpc) is 2.57. The summed E-state index contributed by atoms with van der Waals surface area (Å²) < 4.78 is 22.1. The summed E-state index contributed by atoms with van der Waals surface area (Å²) in [6.45, 7) is 6.83. The van der Waals surface area contributed by atoms with Crippen LogP contribution >= 0.6 is 15.9 Å². The highest BCUT2D eigenvalue weighted by molar-refractivity contribution is 9.10. The Balaban J connectivity index is 2.90. The number of rotatable bonds is 11. The van der Waals surface area contributed by atoms with Gasteiger partial charge in [-0.2, -0.15) is 0 Å². The predicted molar refractivity (Wildman–Crippen MR) is 105 cm³/mol. The van der Waals surface area contributed by atoms with E-state index in [1.54, 1.807) is 14.2 Å². The molecule has 0 saturated carbocycles. The SMILES string of the molecule is COCOc1cc(C/C=C(\C)CCC=C(C)C)c(OCOC)cc1Br. The summed E-state index contributed by atoms with van der Waals surface area (Å²) in [5.41, 5.74) is 3.77. The van der Waals surface area contributed by atoms with Gasteiger partial charge in [-0.1, -0.05) is 23.3 Å². The van der Waals surface area contributed by atoms with Crippen molar-refractivity contribution in [3.63, 3.8) is 0 Å². The van der Waals surface area contributed by atoms with Crippen molar-refractivity contribution >= 4 is 15.9 Å². The minimum Gasteiger partial charge on any atom is -0.467 e. The molecule has 5 heteroatoms. The number of ether oxygens (including phenoxy) is 4. The summed E-state index contributed by atoms with van der Waals surface area (Å²) in [6, 6.07) is 3.89. The Morgan fingerprint density at radius 2 is 1.60 bits per heavy atom. The molecule has 0 radical (unpaired) electrons. The first-order valence-electron chi connectivity index (χ1n) is 8.32. The normalized spacial score (nSPS) is 11.4. The molecule has 0 saturated heterocycles. The van der Waals surface area contributed by atoms with Gasteiger partial charge in [-0.15, -0.1) is 0 Å². The Bertz CT molecular complexity index is 590. The predicted octanol–water partition coefficient (Wildman–Crippen LogP) is 5.65. The third-order valence-electron chi connectivity index (χ3n) is 3.54. The molecule has 0 fully saturated rings. The zero-order chi connectivity index (χ0) is 18.7. The molecule has 140 valence electrons. The van der Waals surface area contributed by atoms with Crippen LogP contribution in [0.5, 0.6) is 11.5 Å². The molecule has 0 aliphatic heterocycles. The molecule has 0 aromatic heterocycles.